The summed E-state index contributed by atoms with van der Waals surface area (Å²) in [6, 6.07) is 0. The maximum absolute atomic E-state index is 14.0. The second kappa shape index (κ2) is 8.61. The van der Waals surface area contributed by atoms with E-state index in [-0.39, 0.29) is 41.5 Å². The Hall–Kier alpha value is -1.82. The smallest absolute Gasteiger partial charge is 0.306 e. The van der Waals surface area contributed by atoms with E-state index < -0.39 is 39.7 Å². The molecule has 0 amide bonds. The number of allylic oxidation sites excluding steroid dienone is 2. The van der Waals surface area contributed by atoms with Gasteiger partial charge in [0, 0.05) is 47.7 Å². The molecule has 6 nitrogen and oxygen atoms in total. The number of aliphatic hydroxyl groups excluding tert-OH is 1. The van der Waals surface area contributed by atoms with Crippen molar-refractivity contribution in [2.45, 2.75) is 106 Å². The highest BCUT2D eigenvalue weighted by molar-refractivity contribution is 6.11. The van der Waals surface area contributed by atoms with Gasteiger partial charge < -0.3 is 10.2 Å². The van der Waals surface area contributed by atoms with Gasteiger partial charge in [-0.15, -0.1) is 0 Å². The van der Waals surface area contributed by atoms with E-state index in [1.165, 1.54) is 0 Å². The van der Waals surface area contributed by atoms with E-state index in [1.807, 2.05) is 20.8 Å². The summed E-state index contributed by atoms with van der Waals surface area (Å²) >= 11 is 0. The van der Waals surface area contributed by atoms with Crippen molar-refractivity contribution in [3.63, 3.8) is 0 Å². The standard InChI is InChI=1S/C30H44O6/c1-16(12-18(31)13-17(2)26(35)36)19-8-11-29(6)25-20(32)14-22-27(3,4)23(34)9-10-28(22,5)24(25)21(33)15-30(19,29)7/h16-17,19,22-23,34H,8-15H2,1-7H3,(H,35,36)/t16-,17?,19-,22+,23-,28+,29+,30-/m1/s1. The molecule has 2 saturated carbocycles. The van der Waals surface area contributed by atoms with E-state index >= 15 is 0 Å². The minimum absolute atomic E-state index is 0.00561. The zero-order valence-electron chi connectivity index (χ0n) is 23.1. The number of aliphatic hydroxyl groups is 1. The first kappa shape index (κ1) is 27.2. The summed E-state index contributed by atoms with van der Waals surface area (Å²) in [6.45, 7) is 14.1. The second-order valence-electron chi connectivity index (χ2n) is 13.9. The molecule has 0 heterocycles. The normalized spacial score (nSPS) is 41.3. The molecule has 1 unspecified atom stereocenters. The van der Waals surface area contributed by atoms with Crippen LogP contribution < -0.4 is 0 Å². The van der Waals surface area contributed by atoms with Gasteiger partial charge in [0.15, 0.2) is 11.6 Å². The summed E-state index contributed by atoms with van der Waals surface area (Å²) in [5, 5.41) is 19.9. The van der Waals surface area contributed by atoms with Crippen LogP contribution in [-0.4, -0.2) is 39.6 Å². The van der Waals surface area contributed by atoms with Gasteiger partial charge in [0.1, 0.15) is 5.78 Å². The Labute approximate surface area is 215 Å². The van der Waals surface area contributed by atoms with E-state index in [4.69, 9.17) is 0 Å². The molecule has 4 rings (SSSR count). The number of Topliss-reactive ketones (excluding diaryl/α,β-unsaturated/α-hetero) is 3. The third kappa shape index (κ3) is 3.68. The Bertz CT molecular complexity index is 1040. The number of ketones is 3. The Morgan fingerprint density at radius 3 is 2.19 bits per heavy atom. The molecule has 0 spiro atoms. The van der Waals surface area contributed by atoms with Gasteiger partial charge >= 0.3 is 5.97 Å². The molecule has 6 heteroatoms. The third-order valence-corrected chi connectivity index (χ3v) is 11.5. The monoisotopic (exact) mass is 500 g/mol. The number of carboxylic acids is 1. The predicted octanol–water partition coefficient (Wildman–Crippen LogP) is 5.16. The number of carbonyl (C=O) groups excluding carboxylic acids is 3. The van der Waals surface area contributed by atoms with E-state index in [1.54, 1.807) is 6.92 Å². The maximum atomic E-state index is 14.0. The number of hydrogen-bond donors (Lipinski definition) is 2. The van der Waals surface area contributed by atoms with Crippen LogP contribution in [0, 0.1) is 45.3 Å². The first-order valence-electron chi connectivity index (χ1n) is 13.7. The van der Waals surface area contributed by atoms with Crippen LogP contribution in [0.2, 0.25) is 0 Å². The summed E-state index contributed by atoms with van der Waals surface area (Å²) in [7, 11) is 0. The van der Waals surface area contributed by atoms with Gasteiger partial charge in [-0.25, -0.2) is 0 Å². The van der Waals surface area contributed by atoms with Crippen LogP contribution in [0.3, 0.4) is 0 Å². The number of rotatable bonds is 6. The summed E-state index contributed by atoms with van der Waals surface area (Å²) in [4.78, 5) is 51.8. The molecule has 0 aromatic rings. The maximum Gasteiger partial charge on any atom is 0.306 e. The Morgan fingerprint density at radius 1 is 0.944 bits per heavy atom. The fraction of sp³-hybridized carbons (Fsp3) is 0.800. The number of hydrogen-bond acceptors (Lipinski definition) is 5. The number of aliphatic carboxylic acids is 1. The van der Waals surface area contributed by atoms with E-state index in [9.17, 15) is 29.4 Å². The van der Waals surface area contributed by atoms with Crippen LogP contribution in [0.1, 0.15) is 99.8 Å². The van der Waals surface area contributed by atoms with Crippen molar-refractivity contribution in [1.82, 2.24) is 0 Å². The van der Waals surface area contributed by atoms with Crippen molar-refractivity contribution in [2.24, 2.45) is 45.3 Å². The Kier molecular flexibility index (Phi) is 6.51. The lowest BCUT2D eigenvalue weighted by Gasteiger charge is -2.60. The van der Waals surface area contributed by atoms with Gasteiger partial charge in [0.2, 0.25) is 0 Å². The van der Waals surface area contributed by atoms with Gasteiger partial charge in [0.05, 0.1) is 12.0 Å². The molecule has 0 aromatic carbocycles. The predicted molar refractivity (Wildman–Crippen MR) is 136 cm³/mol. The zero-order valence-corrected chi connectivity index (χ0v) is 23.1. The van der Waals surface area contributed by atoms with Crippen LogP contribution in [0.5, 0.6) is 0 Å². The zero-order chi connectivity index (χ0) is 27.0. The van der Waals surface area contributed by atoms with Gasteiger partial charge in [-0.1, -0.05) is 48.5 Å². The topological polar surface area (TPSA) is 109 Å². The Balaban J connectivity index is 1.70. The number of carboxylic acid groups (broad SMARTS) is 1. The quantitative estimate of drug-likeness (QED) is 0.521. The van der Waals surface area contributed by atoms with Crippen molar-refractivity contribution in [2.75, 3.05) is 0 Å². The van der Waals surface area contributed by atoms with E-state index in [0.717, 1.165) is 24.0 Å². The van der Waals surface area contributed by atoms with Crippen molar-refractivity contribution in [1.29, 1.82) is 0 Å². The van der Waals surface area contributed by atoms with E-state index in [2.05, 4.69) is 20.8 Å². The minimum Gasteiger partial charge on any atom is -0.481 e. The largest absolute Gasteiger partial charge is 0.481 e. The molecule has 0 saturated heterocycles. The Morgan fingerprint density at radius 2 is 1.58 bits per heavy atom. The van der Waals surface area contributed by atoms with Crippen LogP contribution in [0.4, 0.5) is 0 Å². The molecule has 0 aromatic heterocycles. The molecule has 0 bridgehead atoms. The van der Waals surface area contributed by atoms with Crippen molar-refractivity contribution in [3.05, 3.63) is 11.1 Å². The minimum atomic E-state index is -0.963. The summed E-state index contributed by atoms with van der Waals surface area (Å²) in [5.74, 6) is -1.54. The molecule has 0 aliphatic heterocycles. The van der Waals surface area contributed by atoms with Gasteiger partial charge in [-0.05, 0) is 54.3 Å². The highest BCUT2D eigenvalue weighted by Gasteiger charge is 2.67. The SMILES string of the molecule is CC(CC(=O)C[C@@H](C)[C@H]1CC[C@@]2(C)C3=C(C(=O)C[C@]12C)[C@@]1(C)CC[C@@H](O)C(C)(C)[C@@H]1CC3=O)C(=O)O. The highest BCUT2D eigenvalue weighted by atomic mass is 16.4. The van der Waals surface area contributed by atoms with Gasteiger partial charge in [-0.3, -0.25) is 19.2 Å². The van der Waals surface area contributed by atoms with Crippen molar-refractivity contribution < 1.29 is 29.4 Å². The molecule has 2 N–H and O–H groups in total. The van der Waals surface area contributed by atoms with Crippen molar-refractivity contribution in [3.8, 4) is 0 Å². The van der Waals surface area contributed by atoms with Crippen LogP contribution >= 0.6 is 0 Å². The lowest BCUT2D eigenvalue weighted by atomic mass is 9.43. The van der Waals surface area contributed by atoms with Crippen LogP contribution in [-0.2, 0) is 19.2 Å². The first-order valence-corrected chi connectivity index (χ1v) is 13.7. The average molecular weight is 501 g/mol. The van der Waals surface area contributed by atoms with Gasteiger partial charge in [-0.2, -0.15) is 0 Å². The van der Waals surface area contributed by atoms with Crippen LogP contribution in [0.15, 0.2) is 11.1 Å². The molecule has 4 aliphatic carbocycles. The van der Waals surface area contributed by atoms with E-state index in [0.29, 0.717) is 32.1 Å². The summed E-state index contributed by atoms with van der Waals surface area (Å²) < 4.78 is 0. The fourth-order valence-electron chi connectivity index (χ4n) is 9.12. The highest BCUT2D eigenvalue weighted by Crippen LogP contribution is 2.71. The molecule has 2 fully saturated rings. The summed E-state index contributed by atoms with van der Waals surface area (Å²) in [5.41, 5.74) is -0.235. The molecule has 36 heavy (non-hydrogen) atoms. The van der Waals surface area contributed by atoms with Crippen molar-refractivity contribution >= 4 is 23.3 Å². The average Bonchev–Trinajstić information content (AvgIpc) is 3.03. The van der Waals surface area contributed by atoms with Gasteiger partial charge in [0.25, 0.3) is 0 Å². The number of carbonyl (C=O) groups is 4. The molecule has 200 valence electrons. The van der Waals surface area contributed by atoms with Crippen LogP contribution in [0.25, 0.3) is 0 Å². The molecule has 8 atom stereocenters. The lowest BCUT2D eigenvalue weighted by molar-refractivity contribution is -0.143. The third-order valence-electron chi connectivity index (χ3n) is 11.5. The second-order valence-corrected chi connectivity index (χ2v) is 13.9. The first-order chi connectivity index (χ1) is 16.5. The lowest BCUT2D eigenvalue weighted by Crippen LogP contribution is -2.59. The fourth-order valence-corrected chi connectivity index (χ4v) is 9.12. The molecule has 4 aliphatic rings. The summed E-state index contributed by atoms with van der Waals surface area (Å²) in [6.07, 6.45) is 3.57. The number of fused-ring (bicyclic) bond motifs is 4. The molecular formula is C30H44O6. The molecule has 0 radical (unpaired) electrons. The molecular weight excluding hydrogens is 456 g/mol.